The summed E-state index contributed by atoms with van der Waals surface area (Å²) in [6.45, 7) is 13.0. The largest absolute Gasteiger partial charge is 0.488 e. The van der Waals surface area contributed by atoms with Crippen molar-refractivity contribution < 1.29 is 19.0 Å². The molecule has 0 amide bonds. The lowest BCUT2D eigenvalue weighted by Gasteiger charge is -2.28. The Morgan fingerprint density at radius 2 is 1.84 bits per heavy atom. The van der Waals surface area contributed by atoms with Crippen molar-refractivity contribution in [1.29, 1.82) is 0 Å². The molecule has 1 aromatic heterocycles. The molecule has 0 fully saturated rings. The summed E-state index contributed by atoms with van der Waals surface area (Å²) in [6.07, 6.45) is 0.781. The third-order valence-corrected chi connectivity index (χ3v) is 3.72. The van der Waals surface area contributed by atoms with Gasteiger partial charge in [0.2, 0.25) is 0 Å². The maximum atomic E-state index is 11.8. The summed E-state index contributed by atoms with van der Waals surface area (Å²) < 4.78 is 16.9. The van der Waals surface area contributed by atoms with E-state index in [2.05, 4.69) is 4.98 Å². The first-order chi connectivity index (χ1) is 11.6. The maximum Gasteiger partial charge on any atom is 0.354 e. The van der Waals surface area contributed by atoms with Gasteiger partial charge < -0.3 is 19.2 Å². The van der Waals surface area contributed by atoms with Gasteiger partial charge in [0.1, 0.15) is 17.0 Å². The third-order valence-electron chi connectivity index (χ3n) is 3.72. The number of nitrogens with one attached hydrogen (secondary N) is 1. The van der Waals surface area contributed by atoms with Crippen molar-refractivity contribution in [3.8, 4) is 5.75 Å². The monoisotopic (exact) mass is 347 g/mol. The highest BCUT2D eigenvalue weighted by atomic mass is 16.5. The molecule has 0 bridgehead atoms. The molecule has 5 nitrogen and oxygen atoms in total. The second kappa shape index (κ2) is 7.48. The van der Waals surface area contributed by atoms with Crippen LogP contribution in [0.25, 0.3) is 10.9 Å². The second-order valence-corrected chi connectivity index (χ2v) is 7.73. The molecular weight excluding hydrogens is 318 g/mol. The Balaban J connectivity index is 2.06. The van der Waals surface area contributed by atoms with Crippen LogP contribution < -0.4 is 4.74 Å². The van der Waals surface area contributed by atoms with Crippen molar-refractivity contribution in [2.45, 2.75) is 59.2 Å². The predicted octanol–water partition coefficient (Wildman–Crippen LogP) is 4.71. The van der Waals surface area contributed by atoms with Gasteiger partial charge in [-0.25, -0.2) is 4.79 Å². The summed E-state index contributed by atoms with van der Waals surface area (Å²) in [6, 6.07) is 7.53. The highest BCUT2D eigenvalue weighted by molar-refractivity contribution is 5.95. The van der Waals surface area contributed by atoms with Crippen molar-refractivity contribution in [2.24, 2.45) is 0 Å². The van der Waals surface area contributed by atoms with E-state index in [-0.39, 0.29) is 17.2 Å². The third kappa shape index (κ3) is 5.78. The minimum atomic E-state index is -0.348. The summed E-state index contributed by atoms with van der Waals surface area (Å²) in [4.78, 5) is 14.9. The molecule has 0 aliphatic carbocycles. The molecule has 0 saturated heterocycles. The molecule has 1 aromatic carbocycles. The van der Waals surface area contributed by atoms with Gasteiger partial charge in [-0.15, -0.1) is 0 Å². The molecule has 0 atom stereocenters. The van der Waals surface area contributed by atoms with Gasteiger partial charge in [-0.05, 0) is 65.8 Å². The minimum Gasteiger partial charge on any atom is -0.488 e. The van der Waals surface area contributed by atoms with Crippen LogP contribution >= 0.6 is 0 Å². The van der Waals surface area contributed by atoms with E-state index in [1.165, 1.54) is 0 Å². The van der Waals surface area contributed by atoms with E-state index in [0.717, 1.165) is 23.1 Å². The van der Waals surface area contributed by atoms with Crippen LogP contribution in [0.1, 0.15) is 58.5 Å². The predicted molar refractivity (Wildman–Crippen MR) is 99.3 cm³/mol. The molecule has 0 saturated carbocycles. The maximum absolute atomic E-state index is 11.8. The molecule has 1 heterocycles. The first-order valence-corrected chi connectivity index (χ1v) is 8.72. The number of carbonyl (C=O) groups excluding carboxylic acids is 1. The van der Waals surface area contributed by atoms with Crippen LogP contribution in [0.4, 0.5) is 0 Å². The van der Waals surface area contributed by atoms with Crippen molar-refractivity contribution in [2.75, 3.05) is 13.2 Å². The highest BCUT2D eigenvalue weighted by Crippen LogP contribution is 2.26. The lowest BCUT2D eigenvalue weighted by molar-refractivity contribution is -0.0292. The van der Waals surface area contributed by atoms with Gasteiger partial charge in [-0.3, -0.25) is 0 Å². The van der Waals surface area contributed by atoms with E-state index in [1.54, 1.807) is 13.0 Å². The van der Waals surface area contributed by atoms with Crippen LogP contribution in [-0.4, -0.2) is 35.4 Å². The second-order valence-electron chi connectivity index (χ2n) is 7.73. The Labute approximate surface area is 149 Å². The fourth-order valence-electron chi connectivity index (χ4n) is 2.47. The SMILES string of the molecule is CCOC(=O)c1cc2cc(OC(C)(C)CCOC(C)(C)C)ccc2[nH]1. The molecule has 2 rings (SSSR count). The van der Waals surface area contributed by atoms with E-state index in [1.807, 2.05) is 52.8 Å². The minimum absolute atomic E-state index is 0.149. The number of esters is 1. The van der Waals surface area contributed by atoms with E-state index in [9.17, 15) is 4.79 Å². The molecule has 0 unspecified atom stereocenters. The molecule has 25 heavy (non-hydrogen) atoms. The zero-order valence-corrected chi connectivity index (χ0v) is 16.1. The van der Waals surface area contributed by atoms with Crippen molar-refractivity contribution in [3.05, 3.63) is 30.0 Å². The van der Waals surface area contributed by atoms with Crippen LogP contribution in [0, 0.1) is 0 Å². The number of ether oxygens (including phenoxy) is 3. The van der Waals surface area contributed by atoms with Gasteiger partial charge in [0.15, 0.2) is 0 Å². The van der Waals surface area contributed by atoms with Crippen LogP contribution in [0.15, 0.2) is 24.3 Å². The van der Waals surface area contributed by atoms with Gasteiger partial charge in [0.05, 0.1) is 18.8 Å². The Bertz CT molecular complexity index is 725. The Morgan fingerprint density at radius 3 is 2.48 bits per heavy atom. The van der Waals surface area contributed by atoms with Crippen LogP contribution in [-0.2, 0) is 9.47 Å². The van der Waals surface area contributed by atoms with E-state index in [0.29, 0.717) is 18.9 Å². The van der Waals surface area contributed by atoms with Gasteiger partial charge in [-0.2, -0.15) is 0 Å². The highest BCUT2D eigenvalue weighted by Gasteiger charge is 2.22. The van der Waals surface area contributed by atoms with Gasteiger partial charge in [0, 0.05) is 17.3 Å². The van der Waals surface area contributed by atoms with Gasteiger partial charge >= 0.3 is 5.97 Å². The topological polar surface area (TPSA) is 60.6 Å². The molecule has 0 spiro atoms. The van der Waals surface area contributed by atoms with E-state index < -0.39 is 0 Å². The average Bonchev–Trinajstić information content (AvgIpc) is 2.88. The number of benzene rings is 1. The summed E-state index contributed by atoms with van der Waals surface area (Å²) in [7, 11) is 0. The number of rotatable bonds is 7. The number of fused-ring (bicyclic) bond motifs is 1. The van der Waals surface area contributed by atoms with Crippen molar-refractivity contribution >= 4 is 16.9 Å². The van der Waals surface area contributed by atoms with Crippen LogP contribution in [0.3, 0.4) is 0 Å². The number of aromatic amines is 1. The van der Waals surface area contributed by atoms with E-state index >= 15 is 0 Å². The smallest absolute Gasteiger partial charge is 0.354 e. The summed E-state index contributed by atoms with van der Waals surface area (Å²) in [5, 5.41) is 0.919. The molecule has 0 radical (unpaired) electrons. The molecule has 0 aliphatic heterocycles. The fourth-order valence-corrected chi connectivity index (χ4v) is 2.47. The average molecular weight is 347 g/mol. The van der Waals surface area contributed by atoms with Crippen LogP contribution in [0.2, 0.25) is 0 Å². The zero-order valence-electron chi connectivity index (χ0n) is 16.1. The molecular formula is C20H29NO4. The molecule has 2 aromatic rings. The molecule has 5 heteroatoms. The number of hydrogen-bond acceptors (Lipinski definition) is 4. The van der Waals surface area contributed by atoms with Gasteiger partial charge in [0.25, 0.3) is 0 Å². The van der Waals surface area contributed by atoms with Crippen LogP contribution in [0.5, 0.6) is 5.75 Å². The lowest BCUT2D eigenvalue weighted by atomic mass is 10.1. The summed E-state index contributed by atoms with van der Waals surface area (Å²) in [5.41, 5.74) is 0.833. The number of hydrogen-bond donors (Lipinski definition) is 1. The Hall–Kier alpha value is -2.01. The Morgan fingerprint density at radius 1 is 1.12 bits per heavy atom. The first-order valence-electron chi connectivity index (χ1n) is 8.72. The molecule has 1 N–H and O–H groups in total. The van der Waals surface area contributed by atoms with Gasteiger partial charge in [-0.1, -0.05) is 0 Å². The number of H-pyrrole nitrogens is 1. The van der Waals surface area contributed by atoms with Crippen molar-refractivity contribution in [3.63, 3.8) is 0 Å². The number of aromatic nitrogens is 1. The molecule has 138 valence electrons. The Kier molecular flexibility index (Phi) is 5.78. The lowest BCUT2D eigenvalue weighted by Crippen LogP contribution is -2.31. The fraction of sp³-hybridized carbons (Fsp3) is 0.550. The summed E-state index contributed by atoms with van der Waals surface area (Å²) in [5.74, 6) is 0.420. The quantitative estimate of drug-likeness (QED) is 0.737. The van der Waals surface area contributed by atoms with E-state index in [4.69, 9.17) is 14.2 Å². The first kappa shape index (κ1) is 19.3. The zero-order chi connectivity index (χ0) is 18.7. The normalized spacial score (nSPS) is 12.4. The summed E-state index contributed by atoms with van der Waals surface area (Å²) >= 11 is 0. The van der Waals surface area contributed by atoms with Crippen molar-refractivity contribution in [1.82, 2.24) is 4.98 Å². The molecule has 0 aliphatic rings. The number of carbonyl (C=O) groups is 1. The standard InChI is InChI=1S/C20H29NO4/c1-7-23-18(22)17-13-14-12-15(8-9-16(14)21-17)25-20(5,6)10-11-24-19(2,3)4/h8-9,12-13,21H,7,10-11H2,1-6H3.